The molecule has 1 aromatic rings. The van der Waals surface area contributed by atoms with E-state index in [9.17, 15) is 4.79 Å². The Morgan fingerprint density at radius 1 is 1.50 bits per heavy atom. The Morgan fingerprint density at radius 2 is 2.40 bits per heavy atom. The van der Waals surface area contributed by atoms with Crippen LogP contribution in [0, 0.1) is 5.92 Å². The molecule has 2 aliphatic rings. The third-order valence-corrected chi connectivity index (χ3v) is 4.29. The molecule has 0 saturated carbocycles. The molecule has 1 unspecified atom stereocenters. The number of rotatable bonds is 2. The van der Waals surface area contributed by atoms with Crippen molar-refractivity contribution in [2.75, 3.05) is 31.6 Å². The standard InChI is InChI=1S/C16H22N2O2/c1-2-12-5-4-9-18(11-12)16(19)13-6-3-7-14-15(13)20-10-8-17-14/h3,6-7,12,17H,2,4-5,8-11H2,1H3. The lowest BCUT2D eigenvalue weighted by atomic mass is 9.95. The fourth-order valence-corrected chi connectivity index (χ4v) is 3.09. The predicted molar refractivity (Wildman–Crippen MR) is 79.3 cm³/mol. The van der Waals surface area contributed by atoms with Gasteiger partial charge in [0.2, 0.25) is 0 Å². The molecule has 2 aliphatic heterocycles. The number of piperidine rings is 1. The van der Waals surface area contributed by atoms with Gasteiger partial charge in [0.1, 0.15) is 6.61 Å². The van der Waals surface area contributed by atoms with Crippen LogP contribution in [0.2, 0.25) is 0 Å². The second kappa shape index (κ2) is 5.73. The number of anilines is 1. The number of amides is 1. The van der Waals surface area contributed by atoms with Crippen LogP contribution in [0.15, 0.2) is 18.2 Å². The average Bonchev–Trinajstić information content (AvgIpc) is 2.53. The highest BCUT2D eigenvalue weighted by molar-refractivity contribution is 5.99. The molecule has 1 fully saturated rings. The Labute approximate surface area is 120 Å². The third-order valence-electron chi connectivity index (χ3n) is 4.29. The summed E-state index contributed by atoms with van der Waals surface area (Å²) >= 11 is 0. The molecule has 0 spiro atoms. The Morgan fingerprint density at radius 3 is 3.25 bits per heavy atom. The summed E-state index contributed by atoms with van der Waals surface area (Å²) in [4.78, 5) is 14.7. The first-order valence-electron chi connectivity index (χ1n) is 7.58. The van der Waals surface area contributed by atoms with Crippen molar-refractivity contribution >= 4 is 11.6 Å². The minimum Gasteiger partial charge on any atom is -0.489 e. The van der Waals surface area contributed by atoms with Crippen molar-refractivity contribution in [1.29, 1.82) is 0 Å². The molecule has 4 nitrogen and oxygen atoms in total. The number of hydrogen-bond acceptors (Lipinski definition) is 3. The zero-order valence-corrected chi connectivity index (χ0v) is 12.0. The third kappa shape index (κ3) is 2.47. The molecule has 1 N–H and O–H groups in total. The average molecular weight is 274 g/mol. The summed E-state index contributed by atoms with van der Waals surface area (Å²) in [5.74, 6) is 1.48. The highest BCUT2D eigenvalue weighted by Gasteiger charge is 2.27. The fourth-order valence-electron chi connectivity index (χ4n) is 3.09. The van der Waals surface area contributed by atoms with Gasteiger partial charge in [0.25, 0.3) is 5.91 Å². The summed E-state index contributed by atoms with van der Waals surface area (Å²) in [7, 11) is 0. The van der Waals surface area contributed by atoms with Crippen molar-refractivity contribution in [3.63, 3.8) is 0 Å². The van der Waals surface area contributed by atoms with E-state index in [1.807, 2.05) is 23.1 Å². The van der Waals surface area contributed by atoms with Gasteiger partial charge < -0.3 is 15.0 Å². The van der Waals surface area contributed by atoms with Crippen molar-refractivity contribution in [3.8, 4) is 5.75 Å². The van der Waals surface area contributed by atoms with Crippen molar-refractivity contribution < 1.29 is 9.53 Å². The number of hydrogen-bond donors (Lipinski definition) is 1. The van der Waals surface area contributed by atoms with Gasteiger partial charge in [-0.15, -0.1) is 0 Å². The van der Waals surface area contributed by atoms with Gasteiger partial charge in [0.05, 0.1) is 11.3 Å². The number of carbonyl (C=O) groups is 1. The van der Waals surface area contributed by atoms with Crippen LogP contribution in [-0.4, -0.2) is 37.0 Å². The molecule has 0 aliphatic carbocycles. The van der Waals surface area contributed by atoms with Gasteiger partial charge in [-0.3, -0.25) is 4.79 Å². The van der Waals surface area contributed by atoms with Gasteiger partial charge in [-0.2, -0.15) is 0 Å². The van der Waals surface area contributed by atoms with E-state index in [0.717, 1.165) is 43.9 Å². The molecule has 0 aromatic heterocycles. The van der Waals surface area contributed by atoms with Crippen LogP contribution in [-0.2, 0) is 0 Å². The highest BCUT2D eigenvalue weighted by atomic mass is 16.5. The molecule has 4 heteroatoms. The molecule has 2 heterocycles. The van der Waals surface area contributed by atoms with Crippen LogP contribution in [0.4, 0.5) is 5.69 Å². The largest absolute Gasteiger partial charge is 0.489 e. The van der Waals surface area contributed by atoms with E-state index < -0.39 is 0 Å². The van der Waals surface area contributed by atoms with E-state index in [-0.39, 0.29) is 5.91 Å². The van der Waals surface area contributed by atoms with Gasteiger partial charge in [-0.1, -0.05) is 19.4 Å². The van der Waals surface area contributed by atoms with Crippen LogP contribution in [0.1, 0.15) is 36.5 Å². The molecule has 1 amide bonds. The molecule has 1 atom stereocenters. The Bertz CT molecular complexity index is 501. The minimum absolute atomic E-state index is 0.115. The highest BCUT2D eigenvalue weighted by Crippen LogP contribution is 2.33. The maximum Gasteiger partial charge on any atom is 0.257 e. The zero-order chi connectivity index (χ0) is 13.9. The van der Waals surface area contributed by atoms with Gasteiger partial charge in [-0.25, -0.2) is 0 Å². The topological polar surface area (TPSA) is 41.6 Å². The lowest BCUT2D eigenvalue weighted by Crippen LogP contribution is -2.40. The molecule has 0 bridgehead atoms. The number of carbonyl (C=O) groups excluding carboxylic acids is 1. The number of nitrogens with zero attached hydrogens (tertiary/aromatic N) is 1. The minimum atomic E-state index is 0.115. The lowest BCUT2D eigenvalue weighted by Gasteiger charge is -2.33. The van der Waals surface area contributed by atoms with Crippen LogP contribution >= 0.6 is 0 Å². The zero-order valence-electron chi connectivity index (χ0n) is 12.0. The molecule has 3 rings (SSSR count). The van der Waals surface area contributed by atoms with Crippen molar-refractivity contribution in [2.45, 2.75) is 26.2 Å². The normalized spacial score (nSPS) is 21.6. The van der Waals surface area contributed by atoms with Crippen LogP contribution in [0.3, 0.4) is 0 Å². The first-order chi connectivity index (χ1) is 9.79. The van der Waals surface area contributed by atoms with Crippen LogP contribution in [0.5, 0.6) is 5.75 Å². The molecule has 1 aromatic carbocycles. The molecule has 20 heavy (non-hydrogen) atoms. The predicted octanol–water partition coefficient (Wildman–Crippen LogP) is 2.75. The number of benzene rings is 1. The second-order valence-electron chi connectivity index (χ2n) is 5.63. The van der Waals surface area contributed by atoms with E-state index in [1.54, 1.807) is 0 Å². The lowest BCUT2D eigenvalue weighted by molar-refractivity contribution is 0.0667. The monoisotopic (exact) mass is 274 g/mol. The Hall–Kier alpha value is -1.71. The summed E-state index contributed by atoms with van der Waals surface area (Å²) in [5, 5.41) is 3.29. The number of ether oxygens (including phenoxy) is 1. The number of nitrogens with one attached hydrogen (secondary N) is 1. The number of likely N-dealkylation sites (tertiary alicyclic amines) is 1. The van der Waals surface area contributed by atoms with Gasteiger partial charge >= 0.3 is 0 Å². The van der Waals surface area contributed by atoms with E-state index in [2.05, 4.69) is 12.2 Å². The summed E-state index contributed by atoms with van der Waals surface area (Å²) in [6.07, 6.45) is 3.50. The summed E-state index contributed by atoms with van der Waals surface area (Å²) in [6.45, 7) is 5.37. The van der Waals surface area contributed by atoms with Crippen molar-refractivity contribution in [3.05, 3.63) is 23.8 Å². The molecular formula is C16H22N2O2. The van der Waals surface area contributed by atoms with E-state index in [1.165, 1.54) is 6.42 Å². The van der Waals surface area contributed by atoms with Gasteiger partial charge in [0.15, 0.2) is 5.75 Å². The van der Waals surface area contributed by atoms with Crippen molar-refractivity contribution in [2.24, 2.45) is 5.92 Å². The maximum absolute atomic E-state index is 12.8. The van der Waals surface area contributed by atoms with E-state index in [0.29, 0.717) is 18.1 Å². The van der Waals surface area contributed by atoms with Gasteiger partial charge in [0, 0.05) is 19.6 Å². The number of para-hydroxylation sites is 1. The SMILES string of the molecule is CCC1CCCN(C(=O)c2cccc3c2OCCN3)C1. The quantitative estimate of drug-likeness (QED) is 0.901. The van der Waals surface area contributed by atoms with E-state index in [4.69, 9.17) is 4.74 Å². The summed E-state index contributed by atoms with van der Waals surface area (Å²) < 4.78 is 5.71. The maximum atomic E-state index is 12.8. The van der Waals surface area contributed by atoms with Crippen LogP contribution in [0.25, 0.3) is 0 Å². The first-order valence-corrected chi connectivity index (χ1v) is 7.58. The summed E-state index contributed by atoms with van der Waals surface area (Å²) in [5.41, 5.74) is 1.64. The molecule has 0 radical (unpaired) electrons. The molecule has 1 saturated heterocycles. The van der Waals surface area contributed by atoms with E-state index >= 15 is 0 Å². The Balaban J connectivity index is 1.83. The number of fused-ring (bicyclic) bond motifs is 1. The van der Waals surface area contributed by atoms with Crippen LogP contribution < -0.4 is 10.1 Å². The van der Waals surface area contributed by atoms with Gasteiger partial charge in [-0.05, 0) is 30.9 Å². The molecular weight excluding hydrogens is 252 g/mol. The second-order valence-corrected chi connectivity index (χ2v) is 5.63. The molecule has 108 valence electrons. The van der Waals surface area contributed by atoms with Crippen molar-refractivity contribution in [1.82, 2.24) is 4.90 Å². The Kier molecular flexibility index (Phi) is 3.81. The fraction of sp³-hybridized carbons (Fsp3) is 0.562. The summed E-state index contributed by atoms with van der Waals surface area (Å²) in [6, 6.07) is 5.77. The smallest absolute Gasteiger partial charge is 0.257 e. The first kappa shape index (κ1) is 13.3.